The van der Waals surface area contributed by atoms with E-state index in [4.69, 9.17) is 5.73 Å². The van der Waals surface area contributed by atoms with Gasteiger partial charge in [-0.3, -0.25) is 9.36 Å². The number of aliphatic hydroxyl groups is 1. The molecule has 4 rings (SSSR count). The fraction of sp³-hybridized carbons (Fsp3) is 0.562. The molecular weight excluding hydrogens is 294 g/mol. The summed E-state index contributed by atoms with van der Waals surface area (Å²) in [6.07, 6.45) is 6.90. The Balaban J connectivity index is 1.69. The van der Waals surface area contributed by atoms with E-state index in [0.717, 1.165) is 43.9 Å². The molecule has 2 fully saturated rings. The van der Waals surface area contributed by atoms with E-state index in [-0.39, 0.29) is 23.7 Å². The van der Waals surface area contributed by atoms with Crippen LogP contribution in [0.1, 0.15) is 44.6 Å². The maximum atomic E-state index is 12.2. The van der Waals surface area contributed by atoms with Crippen molar-refractivity contribution in [3.05, 3.63) is 22.6 Å². The van der Waals surface area contributed by atoms with E-state index in [1.54, 1.807) is 10.8 Å². The van der Waals surface area contributed by atoms with Crippen molar-refractivity contribution in [1.82, 2.24) is 14.5 Å². The molecule has 7 heteroatoms. The van der Waals surface area contributed by atoms with Gasteiger partial charge in [0.25, 0.3) is 5.56 Å². The van der Waals surface area contributed by atoms with Gasteiger partial charge < -0.3 is 16.2 Å². The lowest BCUT2D eigenvalue weighted by atomic mass is 9.93. The van der Waals surface area contributed by atoms with E-state index < -0.39 is 0 Å². The third-order valence-electron chi connectivity index (χ3n) is 4.77. The molecule has 0 unspecified atom stereocenters. The van der Waals surface area contributed by atoms with E-state index in [0.29, 0.717) is 17.3 Å². The second-order valence-corrected chi connectivity index (χ2v) is 6.62. The third kappa shape index (κ3) is 2.76. The molecule has 2 aromatic heterocycles. The summed E-state index contributed by atoms with van der Waals surface area (Å²) in [6, 6.07) is 1.95. The largest absolute Gasteiger partial charge is 0.398 e. The molecule has 0 bridgehead atoms. The van der Waals surface area contributed by atoms with Crippen LogP contribution in [0.5, 0.6) is 0 Å². The number of hydrogen-bond donors (Lipinski definition) is 3. The van der Waals surface area contributed by atoms with Crippen LogP contribution in [0.4, 0.5) is 11.6 Å². The number of nitrogens with two attached hydrogens (primary N) is 1. The third-order valence-corrected chi connectivity index (χ3v) is 4.77. The minimum absolute atomic E-state index is 0.0945. The highest BCUT2D eigenvalue weighted by atomic mass is 16.3. The van der Waals surface area contributed by atoms with Crippen LogP contribution in [0.25, 0.3) is 11.0 Å². The Morgan fingerprint density at radius 1 is 1.22 bits per heavy atom. The van der Waals surface area contributed by atoms with Crippen molar-refractivity contribution >= 4 is 22.7 Å². The zero-order valence-electron chi connectivity index (χ0n) is 12.9. The minimum atomic E-state index is -0.189. The molecule has 2 aliphatic rings. The maximum Gasteiger partial charge on any atom is 0.254 e. The van der Waals surface area contributed by atoms with Gasteiger partial charge in [-0.2, -0.15) is 4.98 Å². The number of anilines is 2. The Morgan fingerprint density at radius 3 is 2.65 bits per heavy atom. The highest BCUT2D eigenvalue weighted by Gasteiger charge is 2.27. The van der Waals surface area contributed by atoms with Crippen LogP contribution in [0, 0.1) is 0 Å². The molecule has 2 aromatic rings. The monoisotopic (exact) mass is 315 g/mol. The van der Waals surface area contributed by atoms with Crippen LogP contribution in [0.15, 0.2) is 17.1 Å². The lowest BCUT2D eigenvalue weighted by molar-refractivity contribution is 0.126. The predicted octanol–water partition coefficient (Wildman–Crippen LogP) is 1.42. The van der Waals surface area contributed by atoms with Crippen LogP contribution in [-0.2, 0) is 0 Å². The molecule has 4 N–H and O–H groups in total. The first kappa shape index (κ1) is 14.4. The summed E-state index contributed by atoms with van der Waals surface area (Å²) < 4.78 is 1.74. The summed E-state index contributed by atoms with van der Waals surface area (Å²) in [4.78, 5) is 21.2. The second-order valence-electron chi connectivity index (χ2n) is 6.62. The first-order valence-corrected chi connectivity index (χ1v) is 8.24. The lowest BCUT2D eigenvalue weighted by Crippen LogP contribution is -2.29. The van der Waals surface area contributed by atoms with Crippen LogP contribution in [-0.4, -0.2) is 31.8 Å². The van der Waals surface area contributed by atoms with E-state index in [1.807, 2.05) is 0 Å². The fourth-order valence-corrected chi connectivity index (χ4v) is 3.30. The number of pyridine rings is 1. The SMILES string of the molecule is Nc1cc(=O)n(C2CC2)c2nc(NC3CCC(O)CC3)ncc12. The molecule has 23 heavy (non-hydrogen) atoms. The molecule has 0 aromatic carbocycles. The number of fused-ring (bicyclic) bond motifs is 1. The molecule has 122 valence electrons. The van der Waals surface area contributed by atoms with Crippen molar-refractivity contribution in [3.63, 3.8) is 0 Å². The number of rotatable bonds is 3. The normalized spacial score (nSPS) is 24.7. The van der Waals surface area contributed by atoms with Crippen LogP contribution < -0.4 is 16.6 Å². The van der Waals surface area contributed by atoms with Crippen LogP contribution >= 0.6 is 0 Å². The van der Waals surface area contributed by atoms with Crippen molar-refractivity contribution < 1.29 is 5.11 Å². The Hall–Kier alpha value is -2.15. The second kappa shape index (κ2) is 5.49. The summed E-state index contributed by atoms with van der Waals surface area (Å²) in [5.41, 5.74) is 6.90. The van der Waals surface area contributed by atoms with Gasteiger partial charge >= 0.3 is 0 Å². The van der Waals surface area contributed by atoms with Crippen molar-refractivity contribution in [2.45, 2.75) is 56.7 Å². The number of nitrogens with one attached hydrogen (secondary N) is 1. The van der Waals surface area contributed by atoms with E-state index >= 15 is 0 Å². The van der Waals surface area contributed by atoms with E-state index in [1.165, 1.54) is 6.07 Å². The summed E-state index contributed by atoms with van der Waals surface area (Å²) in [7, 11) is 0. The Morgan fingerprint density at radius 2 is 1.96 bits per heavy atom. The number of hydrogen-bond acceptors (Lipinski definition) is 6. The first-order valence-electron chi connectivity index (χ1n) is 8.24. The number of aromatic nitrogens is 3. The van der Waals surface area contributed by atoms with Gasteiger partial charge in [0.2, 0.25) is 5.95 Å². The molecule has 2 aliphatic carbocycles. The summed E-state index contributed by atoms with van der Waals surface area (Å²) in [6.45, 7) is 0. The summed E-state index contributed by atoms with van der Waals surface area (Å²) in [5, 5.41) is 13.6. The van der Waals surface area contributed by atoms with Gasteiger partial charge in [0.15, 0.2) is 5.65 Å². The van der Waals surface area contributed by atoms with Crippen LogP contribution in [0.2, 0.25) is 0 Å². The van der Waals surface area contributed by atoms with Gasteiger partial charge in [0, 0.05) is 30.0 Å². The Labute approximate surface area is 133 Å². The number of nitrogens with zero attached hydrogens (tertiary/aromatic N) is 3. The van der Waals surface area contributed by atoms with Crippen molar-refractivity contribution in [2.75, 3.05) is 11.1 Å². The zero-order chi connectivity index (χ0) is 16.0. The lowest BCUT2D eigenvalue weighted by Gasteiger charge is -2.26. The molecular formula is C16H21N5O2. The predicted molar refractivity (Wildman–Crippen MR) is 88.4 cm³/mol. The van der Waals surface area contributed by atoms with Gasteiger partial charge in [-0.05, 0) is 38.5 Å². The molecule has 0 aliphatic heterocycles. The summed E-state index contributed by atoms with van der Waals surface area (Å²) >= 11 is 0. The van der Waals surface area contributed by atoms with E-state index in [9.17, 15) is 9.90 Å². The molecule has 0 spiro atoms. The fourth-order valence-electron chi connectivity index (χ4n) is 3.30. The summed E-state index contributed by atoms with van der Waals surface area (Å²) in [5.74, 6) is 0.526. The van der Waals surface area contributed by atoms with Gasteiger partial charge in [-0.15, -0.1) is 0 Å². The molecule has 7 nitrogen and oxygen atoms in total. The van der Waals surface area contributed by atoms with Gasteiger partial charge in [-0.25, -0.2) is 4.98 Å². The molecule has 0 amide bonds. The van der Waals surface area contributed by atoms with Gasteiger partial charge in [0.1, 0.15) is 0 Å². The van der Waals surface area contributed by atoms with Crippen molar-refractivity contribution in [1.29, 1.82) is 0 Å². The molecule has 2 saturated carbocycles. The first-order chi connectivity index (χ1) is 11.1. The van der Waals surface area contributed by atoms with Gasteiger partial charge in [0.05, 0.1) is 11.5 Å². The topological polar surface area (TPSA) is 106 Å². The van der Waals surface area contributed by atoms with Crippen molar-refractivity contribution in [3.8, 4) is 0 Å². The maximum absolute atomic E-state index is 12.2. The Kier molecular flexibility index (Phi) is 3.45. The molecule has 0 radical (unpaired) electrons. The quantitative estimate of drug-likeness (QED) is 0.791. The minimum Gasteiger partial charge on any atom is -0.398 e. The van der Waals surface area contributed by atoms with Gasteiger partial charge in [-0.1, -0.05) is 0 Å². The zero-order valence-corrected chi connectivity index (χ0v) is 12.9. The smallest absolute Gasteiger partial charge is 0.254 e. The van der Waals surface area contributed by atoms with Crippen molar-refractivity contribution in [2.24, 2.45) is 0 Å². The molecule has 2 heterocycles. The molecule has 0 saturated heterocycles. The average Bonchev–Trinajstić information content (AvgIpc) is 3.34. The highest BCUT2D eigenvalue weighted by Crippen LogP contribution is 2.36. The highest BCUT2D eigenvalue weighted by molar-refractivity contribution is 5.87. The Bertz CT molecular complexity index is 791. The van der Waals surface area contributed by atoms with E-state index in [2.05, 4.69) is 15.3 Å². The number of nitrogen functional groups attached to an aromatic ring is 1. The average molecular weight is 315 g/mol. The number of aliphatic hydroxyl groups excluding tert-OH is 1. The van der Waals surface area contributed by atoms with Crippen LogP contribution in [0.3, 0.4) is 0 Å². The standard InChI is InChI=1S/C16H21N5O2/c17-13-7-14(23)21(10-3-4-10)15-12(13)8-18-16(20-15)19-9-1-5-11(22)6-2-9/h7-11,22H,1-6,17H2,(H,18,19,20). The molecule has 0 atom stereocenters.